The van der Waals surface area contributed by atoms with Gasteiger partial charge < -0.3 is 4.74 Å². The molecule has 0 radical (unpaired) electrons. The van der Waals surface area contributed by atoms with Crippen LogP contribution in [-0.4, -0.2) is 18.4 Å². The normalized spacial score (nSPS) is 15.0. The molecule has 0 amide bonds. The van der Waals surface area contributed by atoms with Crippen LogP contribution in [0.2, 0.25) is 0 Å². The Morgan fingerprint density at radius 3 is 2.12 bits per heavy atom. The number of ketones is 1. The van der Waals surface area contributed by atoms with Crippen LogP contribution in [0, 0.1) is 5.92 Å². The predicted octanol–water partition coefficient (Wildman–Crippen LogP) is 4.66. The fraction of sp³-hybridized carbons (Fsp3) is 0.333. The van der Waals surface area contributed by atoms with Crippen LogP contribution >= 0.6 is 0 Å². The highest BCUT2D eigenvalue weighted by atomic mass is 16.5. The van der Waals surface area contributed by atoms with E-state index < -0.39 is 0 Å². The Morgan fingerprint density at radius 1 is 0.833 bits per heavy atom. The molecule has 2 aromatic rings. The van der Waals surface area contributed by atoms with Gasteiger partial charge in [0.05, 0.1) is 5.92 Å². The summed E-state index contributed by atoms with van der Waals surface area (Å²) < 4.78 is 5.22. The number of esters is 1. The average Bonchev–Trinajstić information content (AvgIpc) is 2.67. The van der Waals surface area contributed by atoms with Crippen LogP contribution in [0.25, 0.3) is 11.1 Å². The van der Waals surface area contributed by atoms with Crippen molar-refractivity contribution in [2.45, 2.75) is 32.1 Å². The van der Waals surface area contributed by atoms with Gasteiger partial charge in [-0.25, -0.2) is 0 Å². The van der Waals surface area contributed by atoms with Crippen LogP contribution < -0.4 is 0 Å². The highest BCUT2D eigenvalue weighted by molar-refractivity contribution is 5.98. The van der Waals surface area contributed by atoms with Crippen molar-refractivity contribution in [2.75, 3.05) is 6.61 Å². The quantitative estimate of drug-likeness (QED) is 0.594. The third kappa shape index (κ3) is 4.10. The molecule has 0 aliphatic heterocycles. The summed E-state index contributed by atoms with van der Waals surface area (Å²) in [5, 5.41) is 0. The van der Waals surface area contributed by atoms with E-state index in [1.54, 1.807) is 12.1 Å². The summed E-state index contributed by atoms with van der Waals surface area (Å²) in [5.41, 5.74) is 2.75. The van der Waals surface area contributed by atoms with Gasteiger partial charge in [0.1, 0.15) is 0 Å². The summed E-state index contributed by atoms with van der Waals surface area (Å²) in [6.07, 6.45) is 5.12. The molecule has 1 aliphatic rings. The Bertz CT molecular complexity index is 683. The fourth-order valence-electron chi connectivity index (χ4n) is 3.16. The molecule has 1 fully saturated rings. The van der Waals surface area contributed by atoms with Gasteiger partial charge in [0.25, 0.3) is 0 Å². The van der Waals surface area contributed by atoms with Gasteiger partial charge >= 0.3 is 5.97 Å². The van der Waals surface area contributed by atoms with Crippen molar-refractivity contribution in [3.05, 3.63) is 60.2 Å². The maximum atomic E-state index is 12.2. The van der Waals surface area contributed by atoms with Gasteiger partial charge in [-0.3, -0.25) is 9.59 Å². The number of Topliss-reactive ketones (excluding diaryl/α,β-unsaturated/α-hetero) is 1. The number of rotatable bonds is 5. The van der Waals surface area contributed by atoms with E-state index in [1.165, 1.54) is 6.42 Å². The van der Waals surface area contributed by atoms with Crippen LogP contribution in [0.5, 0.6) is 0 Å². The number of hydrogen-bond donors (Lipinski definition) is 0. The van der Waals surface area contributed by atoms with E-state index in [-0.39, 0.29) is 24.3 Å². The first-order valence-corrected chi connectivity index (χ1v) is 8.59. The molecule has 0 spiro atoms. The molecular formula is C21H22O3. The molecule has 0 bridgehead atoms. The molecular weight excluding hydrogens is 300 g/mol. The highest BCUT2D eigenvalue weighted by Gasteiger charge is 2.23. The van der Waals surface area contributed by atoms with Gasteiger partial charge in [0, 0.05) is 5.56 Å². The maximum absolute atomic E-state index is 12.2. The van der Waals surface area contributed by atoms with E-state index in [2.05, 4.69) is 0 Å². The zero-order valence-electron chi connectivity index (χ0n) is 13.7. The summed E-state index contributed by atoms with van der Waals surface area (Å²) in [4.78, 5) is 24.2. The second-order valence-corrected chi connectivity index (χ2v) is 6.31. The second-order valence-electron chi connectivity index (χ2n) is 6.31. The van der Waals surface area contributed by atoms with Crippen molar-refractivity contribution >= 4 is 11.8 Å². The average molecular weight is 322 g/mol. The molecule has 0 N–H and O–H groups in total. The lowest BCUT2D eigenvalue weighted by Gasteiger charge is -2.19. The van der Waals surface area contributed by atoms with Crippen molar-refractivity contribution in [1.29, 1.82) is 0 Å². The first kappa shape index (κ1) is 16.4. The van der Waals surface area contributed by atoms with E-state index in [1.807, 2.05) is 42.5 Å². The first-order valence-electron chi connectivity index (χ1n) is 8.59. The van der Waals surface area contributed by atoms with Crippen molar-refractivity contribution in [3.8, 4) is 11.1 Å². The highest BCUT2D eigenvalue weighted by Crippen LogP contribution is 2.25. The fourth-order valence-corrected chi connectivity index (χ4v) is 3.16. The van der Waals surface area contributed by atoms with Crippen LogP contribution in [0.15, 0.2) is 54.6 Å². The molecule has 3 heteroatoms. The lowest BCUT2D eigenvalue weighted by Crippen LogP contribution is -2.23. The first-order chi connectivity index (χ1) is 11.7. The molecule has 0 unspecified atom stereocenters. The van der Waals surface area contributed by atoms with Gasteiger partial charge in [-0.2, -0.15) is 0 Å². The summed E-state index contributed by atoms with van der Waals surface area (Å²) in [7, 11) is 0. The lowest BCUT2D eigenvalue weighted by atomic mass is 9.89. The molecule has 124 valence electrons. The molecule has 2 aromatic carbocycles. The van der Waals surface area contributed by atoms with Gasteiger partial charge in [0.15, 0.2) is 12.4 Å². The number of ether oxygens (including phenoxy) is 1. The van der Waals surface area contributed by atoms with E-state index in [4.69, 9.17) is 4.74 Å². The van der Waals surface area contributed by atoms with Gasteiger partial charge in [0.2, 0.25) is 0 Å². The third-order valence-corrected chi connectivity index (χ3v) is 4.60. The van der Waals surface area contributed by atoms with Gasteiger partial charge in [-0.05, 0) is 24.0 Å². The lowest BCUT2D eigenvalue weighted by molar-refractivity contribution is -0.148. The summed E-state index contributed by atoms with van der Waals surface area (Å²) >= 11 is 0. The number of benzene rings is 2. The number of hydrogen-bond acceptors (Lipinski definition) is 3. The molecule has 3 nitrogen and oxygen atoms in total. The molecule has 0 atom stereocenters. The molecule has 0 heterocycles. The zero-order valence-corrected chi connectivity index (χ0v) is 13.7. The smallest absolute Gasteiger partial charge is 0.309 e. The van der Waals surface area contributed by atoms with Crippen molar-refractivity contribution < 1.29 is 14.3 Å². The molecule has 1 saturated carbocycles. The van der Waals surface area contributed by atoms with Gasteiger partial charge in [-0.15, -0.1) is 0 Å². The van der Waals surface area contributed by atoms with E-state index in [0.717, 1.165) is 36.8 Å². The number of carbonyl (C=O) groups is 2. The monoisotopic (exact) mass is 322 g/mol. The van der Waals surface area contributed by atoms with Crippen molar-refractivity contribution in [2.24, 2.45) is 5.92 Å². The van der Waals surface area contributed by atoms with Crippen LogP contribution in [-0.2, 0) is 9.53 Å². The van der Waals surface area contributed by atoms with Crippen LogP contribution in [0.4, 0.5) is 0 Å². The maximum Gasteiger partial charge on any atom is 0.309 e. The molecule has 0 aromatic heterocycles. The summed E-state index contributed by atoms with van der Waals surface area (Å²) in [6, 6.07) is 17.4. The van der Waals surface area contributed by atoms with Gasteiger partial charge in [-0.1, -0.05) is 73.9 Å². The topological polar surface area (TPSA) is 43.4 Å². The minimum absolute atomic E-state index is 0.0213. The minimum Gasteiger partial charge on any atom is -0.457 e. The molecule has 3 rings (SSSR count). The summed E-state index contributed by atoms with van der Waals surface area (Å²) in [6.45, 7) is -0.167. The second kappa shape index (κ2) is 7.91. The van der Waals surface area contributed by atoms with Crippen molar-refractivity contribution in [1.82, 2.24) is 0 Å². The Hall–Kier alpha value is -2.42. The van der Waals surface area contributed by atoms with E-state index in [0.29, 0.717) is 5.56 Å². The summed E-state index contributed by atoms with van der Waals surface area (Å²) in [5.74, 6) is -0.394. The molecule has 24 heavy (non-hydrogen) atoms. The van der Waals surface area contributed by atoms with Crippen molar-refractivity contribution in [3.63, 3.8) is 0 Å². The standard InChI is InChI=1S/C21H22O3/c22-20(15-24-21(23)19-9-5-2-6-10-19)18-13-11-17(12-14-18)16-7-3-1-4-8-16/h1,3-4,7-8,11-14,19H,2,5-6,9-10,15H2. The predicted molar refractivity (Wildman–Crippen MR) is 93.7 cm³/mol. The number of carbonyl (C=O) groups excluding carboxylic acids is 2. The minimum atomic E-state index is -0.219. The van der Waals surface area contributed by atoms with E-state index >= 15 is 0 Å². The molecule has 1 aliphatic carbocycles. The Balaban J connectivity index is 1.56. The molecule has 0 saturated heterocycles. The largest absolute Gasteiger partial charge is 0.457 e. The third-order valence-electron chi connectivity index (χ3n) is 4.60. The Kier molecular flexibility index (Phi) is 5.42. The van der Waals surface area contributed by atoms with Crippen LogP contribution in [0.3, 0.4) is 0 Å². The zero-order chi connectivity index (χ0) is 16.8. The Labute approximate surface area is 142 Å². The SMILES string of the molecule is O=C(COC(=O)C1CCCCC1)c1ccc(-c2ccccc2)cc1. The Morgan fingerprint density at radius 2 is 1.46 bits per heavy atom. The van der Waals surface area contributed by atoms with E-state index in [9.17, 15) is 9.59 Å². The van der Waals surface area contributed by atoms with Crippen LogP contribution in [0.1, 0.15) is 42.5 Å².